The standard InChI is InChI=1S/C22H42/c1-4-6-7-8-9-10-12-19-13-14-21-15-18(3)20(11-5-2)17-22(21)16-19/h18-22H,4-17H2,1-3H3/t18-,19?,20?,21?,22?/m0/s1. The highest BCUT2D eigenvalue weighted by Gasteiger charge is 2.37. The smallest absolute Gasteiger partial charge is 0.0380 e. The van der Waals surface area contributed by atoms with Crippen LogP contribution in [0, 0.1) is 29.6 Å². The molecule has 2 rings (SSSR count). The Bertz CT molecular complexity index is 282. The van der Waals surface area contributed by atoms with E-state index in [1.54, 1.807) is 38.5 Å². The second-order valence-corrected chi connectivity index (χ2v) is 8.75. The molecular formula is C22H42. The van der Waals surface area contributed by atoms with Gasteiger partial charge in [-0.25, -0.2) is 0 Å². The third-order valence-electron chi connectivity index (χ3n) is 6.96. The first-order valence-corrected chi connectivity index (χ1v) is 10.7. The van der Waals surface area contributed by atoms with Gasteiger partial charge in [0.05, 0.1) is 0 Å². The van der Waals surface area contributed by atoms with Crippen LogP contribution >= 0.6 is 0 Å². The average Bonchev–Trinajstić information content (AvgIpc) is 2.52. The summed E-state index contributed by atoms with van der Waals surface area (Å²) in [5.74, 6) is 5.36. The Morgan fingerprint density at radius 2 is 1.45 bits per heavy atom. The van der Waals surface area contributed by atoms with Gasteiger partial charge in [0.2, 0.25) is 0 Å². The maximum atomic E-state index is 2.54. The van der Waals surface area contributed by atoms with E-state index < -0.39 is 0 Å². The molecule has 5 atom stereocenters. The van der Waals surface area contributed by atoms with Gasteiger partial charge in [-0.05, 0) is 55.3 Å². The summed E-state index contributed by atoms with van der Waals surface area (Å²) in [6.07, 6.45) is 21.1. The van der Waals surface area contributed by atoms with Crippen LogP contribution in [0.3, 0.4) is 0 Å². The molecule has 0 bridgehead atoms. The van der Waals surface area contributed by atoms with Crippen molar-refractivity contribution in [1.29, 1.82) is 0 Å². The summed E-state index contributed by atoms with van der Waals surface area (Å²) in [5.41, 5.74) is 0. The van der Waals surface area contributed by atoms with Gasteiger partial charge in [-0.1, -0.05) is 85.0 Å². The average molecular weight is 307 g/mol. The molecule has 2 aliphatic rings. The van der Waals surface area contributed by atoms with Gasteiger partial charge >= 0.3 is 0 Å². The Hall–Kier alpha value is 0. The molecule has 130 valence electrons. The lowest BCUT2D eigenvalue weighted by Crippen LogP contribution is -2.35. The Balaban J connectivity index is 1.66. The normalized spacial score (nSPS) is 35.3. The summed E-state index contributed by atoms with van der Waals surface area (Å²) in [6, 6.07) is 0. The third kappa shape index (κ3) is 5.57. The van der Waals surface area contributed by atoms with Gasteiger partial charge in [0.25, 0.3) is 0 Å². The van der Waals surface area contributed by atoms with Gasteiger partial charge in [-0.2, -0.15) is 0 Å². The molecule has 0 aromatic heterocycles. The molecule has 0 aromatic carbocycles. The molecular weight excluding hydrogens is 264 g/mol. The maximum absolute atomic E-state index is 2.54. The van der Waals surface area contributed by atoms with Crippen molar-refractivity contribution in [3.8, 4) is 0 Å². The van der Waals surface area contributed by atoms with Crippen molar-refractivity contribution in [2.75, 3.05) is 0 Å². The quantitative estimate of drug-likeness (QED) is 0.384. The predicted molar refractivity (Wildman–Crippen MR) is 99.1 cm³/mol. The topological polar surface area (TPSA) is 0 Å². The summed E-state index contributed by atoms with van der Waals surface area (Å²) >= 11 is 0. The highest BCUT2D eigenvalue weighted by molar-refractivity contribution is 4.88. The maximum Gasteiger partial charge on any atom is -0.0380 e. The molecule has 0 heteroatoms. The Labute approximate surface area is 140 Å². The molecule has 2 saturated carbocycles. The fraction of sp³-hybridized carbons (Fsp3) is 1.00. The van der Waals surface area contributed by atoms with Crippen LogP contribution in [-0.4, -0.2) is 0 Å². The summed E-state index contributed by atoms with van der Waals surface area (Å²) in [4.78, 5) is 0. The van der Waals surface area contributed by atoms with E-state index in [0.717, 1.165) is 29.6 Å². The first-order valence-electron chi connectivity index (χ1n) is 10.7. The van der Waals surface area contributed by atoms with Crippen LogP contribution in [0.25, 0.3) is 0 Å². The van der Waals surface area contributed by atoms with Gasteiger partial charge in [-0.3, -0.25) is 0 Å². The van der Waals surface area contributed by atoms with Gasteiger partial charge in [-0.15, -0.1) is 0 Å². The van der Waals surface area contributed by atoms with Crippen molar-refractivity contribution >= 4 is 0 Å². The minimum Gasteiger partial charge on any atom is -0.0654 e. The molecule has 0 heterocycles. The number of unbranched alkanes of at least 4 members (excludes halogenated alkanes) is 5. The summed E-state index contributed by atoms with van der Waals surface area (Å²) in [5, 5.41) is 0. The molecule has 0 N–H and O–H groups in total. The van der Waals surface area contributed by atoms with E-state index in [2.05, 4.69) is 20.8 Å². The van der Waals surface area contributed by atoms with E-state index in [0.29, 0.717) is 0 Å². The lowest BCUT2D eigenvalue weighted by molar-refractivity contribution is 0.0561. The van der Waals surface area contributed by atoms with Crippen LogP contribution in [0.5, 0.6) is 0 Å². The first-order chi connectivity index (χ1) is 10.7. The number of hydrogen-bond acceptors (Lipinski definition) is 0. The van der Waals surface area contributed by atoms with Crippen molar-refractivity contribution < 1.29 is 0 Å². The van der Waals surface area contributed by atoms with E-state index in [1.807, 2.05) is 0 Å². The molecule has 0 radical (unpaired) electrons. The fourth-order valence-electron chi connectivity index (χ4n) is 5.56. The second-order valence-electron chi connectivity index (χ2n) is 8.75. The zero-order valence-electron chi connectivity index (χ0n) is 15.8. The largest absolute Gasteiger partial charge is 0.0654 e. The Morgan fingerprint density at radius 3 is 2.23 bits per heavy atom. The highest BCUT2D eigenvalue weighted by Crippen LogP contribution is 2.48. The Kier molecular flexibility index (Phi) is 8.33. The number of fused-ring (bicyclic) bond motifs is 1. The van der Waals surface area contributed by atoms with Crippen LogP contribution in [0.15, 0.2) is 0 Å². The predicted octanol–water partition coefficient (Wildman–Crippen LogP) is 7.62. The zero-order chi connectivity index (χ0) is 15.8. The Morgan fingerprint density at radius 1 is 0.682 bits per heavy atom. The molecule has 2 aliphatic carbocycles. The highest BCUT2D eigenvalue weighted by atomic mass is 14.4. The molecule has 4 unspecified atom stereocenters. The fourth-order valence-corrected chi connectivity index (χ4v) is 5.56. The molecule has 0 aliphatic heterocycles. The van der Waals surface area contributed by atoms with E-state index in [9.17, 15) is 0 Å². The van der Waals surface area contributed by atoms with Crippen LogP contribution in [-0.2, 0) is 0 Å². The molecule has 0 nitrogen and oxygen atoms in total. The minimum atomic E-state index is 1.01. The molecule has 0 amide bonds. The van der Waals surface area contributed by atoms with Gasteiger partial charge < -0.3 is 0 Å². The lowest BCUT2D eigenvalue weighted by Gasteiger charge is -2.45. The van der Waals surface area contributed by atoms with Crippen LogP contribution in [0.2, 0.25) is 0 Å². The molecule has 0 spiro atoms. The summed E-state index contributed by atoms with van der Waals surface area (Å²) in [7, 11) is 0. The number of rotatable bonds is 9. The molecule has 2 fully saturated rings. The molecule has 22 heavy (non-hydrogen) atoms. The van der Waals surface area contributed by atoms with Crippen molar-refractivity contribution in [3.63, 3.8) is 0 Å². The second kappa shape index (κ2) is 9.99. The summed E-state index contributed by atoms with van der Waals surface area (Å²) < 4.78 is 0. The third-order valence-corrected chi connectivity index (χ3v) is 6.96. The van der Waals surface area contributed by atoms with Gasteiger partial charge in [0, 0.05) is 0 Å². The monoisotopic (exact) mass is 306 g/mol. The van der Waals surface area contributed by atoms with Crippen LogP contribution in [0.1, 0.15) is 111 Å². The zero-order valence-corrected chi connectivity index (χ0v) is 15.8. The number of hydrogen-bond donors (Lipinski definition) is 0. The van der Waals surface area contributed by atoms with Crippen LogP contribution in [0.4, 0.5) is 0 Å². The summed E-state index contributed by atoms with van der Waals surface area (Å²) in [6.45, 7) is 7.23. The van der Waals surface area contributed by atoms with E-state index >= 15 is 0 Å². The van der Waals surface area contributed by atoms with Gasteiger partial charge in [0.15, 0.2) is 0 Å². The first kappa shape index (κ1) is 18.3. The van der Waals surface area contributed by atoms with Gasteiger partial charge in [0.1, 0.15) is 0 Å². The lowest BCUT2D eigenvalue weighted by atomic mass is 9.60. The van der Waals surface area contributed by atoms with E-state index in [1.165, 1.54) is 51.4 Å². The van der Waals surface area contributed by atoms with Crippen molar-refractivity contribution in [3.05, 3.63) is 0 Å². The van der Waals surface area contributed by atoms with E-state index in [4.69, 9.17) is 0 Å². The molecule has 0 aromatic rings. The van der Waals surface area contributed by atoms with Crippen molar-refractivity contribution in [1.82, 2.24) is 0 Å². The van der Waals surface area contributed by atoms with Crippen LogP contribution < -0.4 is 0 Å². The SMILES string of the molecule is CCCCCCCCC1CCC2C[C@H](C)C(CCC)CC2C1. The molecule has 0 saturated heterocycles. The van der Waals surface area contributed by atoms with Crippen molar-refractivity contribution in [2.24, 2.45) is 29.6 Å². The van der Waals surface area contributed by atoms with E-state index in [-0.39, 0.29) is 0 Å². The minimum absolute atomic E-state index is 1.01. The van der Waals surface area contributed by atoms with Crippen molar-refractivity contribution in [2.45, 2.75) is 111 Å².